The molecule has 0 unspecified atom stereocenters. The average molecular weight is 882 g/mol. The molecule has 0 radical (unpaired) electrons. The Bertz CT molecular complexity index is 2950. The first kappa shape index (κ1) is 35.7. The van der Waals surface area contributed by atoms with Crippen LogP contribution in [0.1, 0.15) is 44.5 Å². The fourth-order valence-corrected chi connectivity index (χ4v) is 11.8. The van der Waals surface area contributed by atoms with Crippen molar-refractivity contribution in [1.29, 1.82) is 0 Å². The molecule has 4 nitrogen and oxygen atoms in total. The van der Waals surface area contributed by atoms with Gasteiger partial charge in [-0.05, 0) is 94.0 Å². The monoisotopic (exact) mass is 880 g/mol. The Labute approximate surface area is 372 Å². The van der Waals surface area contributed by atoms with E-state index in [-0.39, 0.29) is 0 Å². The summed E-state index contributed by atoms with van der Waals surface area (Å²) in [4.78, 5) is 0. The highest BCUT2D eigenvalue weighted by atomic mass is 79.9. The Balaban J connectivity index is 1.12. The number of para-hydroxylation sites is 6. The number of hydrogen-bond acceptors (Lipinski definition) is 4. The normalized spacial score (nSPS) is 14.7. The van der Waals surface area contributed by atoms with Crippen molar-refractivity contribution in [3.05, 3.63) is 248 Å². The fourth-order valence-electron chi connectivity index (χ4n) is 11.0. The molecular weight excluding hydrogens is 848 g/mol. The number of ether oxygens (including phenoxy) is 2. The summed E-state index contributed by atoms with van der Waals surface area (Å²) in [5, 5.41) is 8.17. The van der Waals surface area contributed by atoms with Gasteiger partial charge in [-0.25, -0.2) is 0 Å². The third kappa shape index (κ3) is 4.67. The summed E-state index contributed by atoms with van der Waals surface area (Å²) in [5.41, 5.74) is 15.2. The van der Waals surface area contributed by atoms with Crippen LogP contribution in [0.2, 0.25) is 5.02 Å². The van der Waals surface area contributed by atoms with Crippen LogP contribution < -0.4 is 20.1 Å². The first-order valence-electron chi connectivity index (χ1n) is 20.8. The molecular formula is C56H34BrClN2O2. The van der Waals surface area contributed by atoms with Crippen LogP contribution in [0.15, 0.2) is 199 Å². The van der Waals surface area contributed by atoms with E-state index < -0.39 is 10.8 Å². The molecule has 0 saturated heterocycles. The number of benzene rings is 9. The zero-order valence-corrected chi connectivity index (χ0v) is 35.4. The van der Waals surface area contributed by atoms with Gasteiger partial charge in [-0.15, -0.1) is 0 Å². The molecule has 0 aromatic heterocycles. The van der Waals surface area contributed by atoms with Gasteiger partial charge in [0.05, 0.1) is 15.9 Å². The maximum atomic E-state index is 8.06. The van der Waals surface area contributed by atoms with Crippen molar-refractivity contribution in [2.75, 3.05) is 10.6 Å². The SMILES string of the molecule is Clc1c(-c2cccc3c2C2(c4ccccc4Nc4ccccc42)c2ccccc2O3)cc(Br)cc1-c1cccc2c1C1(c3ccccc3Nc3ccccc31)c1ccccc1O2. The number of rotatable bonds is 2. The third-order valence-corrected chi connectivity index (χ3v) is 14.2. The molecule has 2 spiro atoms. The van der Waals surface area contributed by atoms with Gasteiger partial charge in [0.2, 0.25) is 0 Å². The summed E-state index contributed by atoms with van der Waals surface area (Å²) in [7, 11) is 0. The first-order chi connectivity index (χ1) is 30.6. The number of fused-ring (bicyclic) bond motifs is 16. The topological polar surface area (TPSA) is 42.5 Å². The van der Waals surface area contributed by atoms with Crippen molar-refractivity contribution >= 4 is 50.3 Å². The van der Waals surface area contributed by atoms with Gasteiger partial charge in [0.15, 0.2) is 0 Å². The molecule has 9 aromatic rings. The van der Waals surface area contributed by atoms with E-state index in [1.807, 2.05) is 12.1 Å². The predicted octanol–water partition coefficient (Wildman–Crippen LogP) is 15.5. The highest BCUT2D eigenvalue weighted by Gasteiger charge is 2.53. The second-order valence-corrected chi connectivity index (χ2v) is 17.6. The van der Waals surface area contributed by atoms with Gasteiger partial charge in [-0.3, -0.25) is 0 Å². The van der Waals surface area contributed by atoms with Crippen LogP contribution >= 0.6 is 27.5 Å². The minimum atomic E-state index is -0.749. The molecule has 0 atom stereocenters. The van der Waals surface area contributed by atoms with Gasteiger partial charge in [0.25, 0.3) is 0 Å². The molecule has 0 aliphatic carbocycles. The summed E-state index contributed by atoms with van der Waals surface area (Å²) < 4.78 is 14.8. The Hall–Kier alpha value is -7.05. The maximum Gasteiger partial charge on any atom is 0.132 e. The lowest BCUT2D eigenvalue weighted by molar-refractivity contribution is 0.435. The predicted molar refractivity (Wildman–Crippen MR) is 253 cm³/mol. The highest BCUT2D eigenvalue weighted by molar-refractivity contribution is 9.10. The number of hydrogen-bond donors (Lipinski definition) is 2. The van der Waals surface area contributed by atoms with E-state index in [1.54, 1.807) is 0 Å². The van der Waals surface area contributed by atoms with Gasteiger partial charge in [-0.2, -0.15) is 0 Å². The summed E-state index contributed by atoms with van der Waals surface area (Å²) in [6, 6.07) is 68.5. The highest BCUT2D eigenvalue weighted by Crippen LogP contribution is 2.65. The second kappa shape index (κ2) is 13.2. The zero-order chi connectivity index (χ0) is 41.2. The van der Waals surface area contributed by atoms with Crippen molar-refractivity contribution in [2.45, 2.75) is 10.8 Å². The first-order valence-corrected chi connectivity index (χ1v) is 22.0. The number of anilines is 4. The van der Waals surface area contributed by atoms with Crippen molar-refractivity contribution in [3.8, 4) is 45.3 Å². The van der Waals surface area contributed by atoms with Crippen LogP contribution in [-0.2, 0) is 10.8 Å². The van der Waals surface area contributed by atoms with Gasteiger partial charge < -0.3 is 20.1 Å². The second-order valence-electron chi connectivity index (χ2n) is 16.3. The van der Waals surface area contributed by atoms with Crippen LogP contribution in [-0.4, -0.2) is 0 Å². The van der Waals surface area contributed by atoms with Crippen LogP contribution in [0.4, 0.5) is 22.7 Å². The standard InChI is InChI=1S/C56H34BrClN2O2/c57-33-31-36(34-15-13-29-50-52(34)55(42-21-5-11-27-48(42)61-50)38-17-1-7-23-44(38)59-45-24-8-2-18-39(45)55)54(58)37(32-33)35-16-14-30-51-53(35)56(43-22-6-12-28-49(43)62-51)40-19-3-9-25-46(40)60-47-26-10-4-20-41(47)56/h1-32,59-60H. The van der Waals surface area contributed by atoms with Crippen molar-refractivity contribution in [1.82, 2.24) is 0 Å². The molecule has 62 heavy (non-hydrogen) atoms. The molecule has 294 valence electrons. The molecule has 4 aliphatic rings. The smallest absolute Gasteiger partial charge is 0.132 e. The summed E-state index contributed by atoms with van der Waals surface area (Å²) in [5.74, 6) is 3.23. The minimum absolute atomic E-state index is 0.629. The van der Waals surface area contributed by atoms with Crippen molar-refractivity contribution in [2.24, 2.45) is 0 Å². The molecule has 4 aliphatic heterocycles. The molecule has 2 N–H and O–H groups in total. The van der Waals surface area contributed by atoms with E-state index >= 15 is 0 Å². The van der Waals surface area contributed by atoms with Crippen molar-refractivity contribution < 1.29 is 9.47 Å². The lowest BCUT2D eigenvalue weighted by Gasteiger charge is -2.46. The van der Waals surface area contributed by atoms with Crippen molar-refractivity contribution in [3.63, 3.8) is 0 Å². The Morgan fingerprint density at radius 2 is 0.677 bits per heavy atom. The van der Waals surface area contributed by atoms with Gasteiger partial charge >= 0.3 is 0 Å². The van der Waals surface area contributed by atoms with Crippen LogP contribution in [0.3, 0.4) is 0 Å². The van der Waals surface area contributed by atoms with E-state index in [4.69, 9.17) is 21.1 Å². The molecule has 9 aromatic carbocycles. The van der Waals surface area contributed by atoms with Gasteiger partial charge in [-0.1, -0.05) is 161 Å². The number of nitrogens with one attached hydrogen (secondary N) is 2. The van der Waals surface area contributed by atoms with Crippen LogP contribution in [0, 0.1) is 0 Å². The van der Waals surface area contributed by atoms with E-state index in [2.05, 4.69) is 209 Å². The summed E-state index contributed by atoms with van der Waals surface area (Å²) in [6.45, 7) is 0. The Kier molecular flexibility index (Phi) is 7.61. The summed E-state index contributed by atoms with van der Waals surface area (Å²) >= 11 is 12.1. The van der Waals surface area contributed by atoms with E-state index in [9.17, 15) is 0 Å². The molecule has 13 rings (SSSR count). The zero-order valence-electron chi connectivity index (χ0n) is 33.0. The van der Waals surface area contributed by atoms with Gasteiger partial charge in [0, 0.05) is 60.6 Å². The average Bonchev–Trinajstić information content (AvgIpc) is 3.31. The Morgan fingerprint density at radius 1 is 0.355 bits per heavy atom. The lowest BCUT2D eigenvalue weighted by Crippen LogP contribution is -2.38. The van der Waals surface area contributed by atoms with Crippen LogP contribution in [0.25, 0.3) is 22.3 Å². The molecule has 0 saturated carbocycles. The maximum absolute atomic E-state index is 8.06. The largest absolute Gasteiger partial charge is 0.457 e. The van der Waals surface area contributed by atoms with Crippen LogP contribution in [0.5, 0.6) is 23.0 Å². The quantitative estimate of drug-likeness (QED) is 0.182. The fraction of sp³-hybridized carbons (Fsp3) is 0.0357. The molecule has 0 fully saturated rings. The molecule has 6 heteroatoms. The summed E-state index contributed by atoms with van der Waals surface area (Å²) in [6.07, 6.45) is 0. The van der Waals surface area contributed by atoms with E-state index in [1.165, 1.54) is 0 Å². The van der Waals surface area contributed by atoms with E-state index in [0.29, 0.717) is 5.02 Å². The molecule has 4 heterocycles. The Morgan fingerprint density at radius 3 is 1.06 bits per heavy atom. The third-order valence-electron chi connectivity index (χ3n) is 13.3. The molecule has 0 bridgehead atoms. The minimum Gasteiger partial charge on any atom is -0.457 e. The van der Waals surface area contributed by atoms with E-state index in [0.717, 1.165) is 117 Å². The van der Waals surface area contributed by atoms with Gasteiger partial charge in [0.1, 0.15) is 23.0 Å². The molecule has 0 amide bonds. The number of halogens is 2. The lowest BCUT2D eigenvalue weighted by atomic mass is 9.60.